The van der Waals surface area contributed by atoms with E-state index in [0.717, 1.165) is 30.0 Å². The second-order valence-corrected chi connectivity index (χ2v) is 5.16. The van der Waals surface area contributed by atoms with Gasteiger partial charge in [0.05, 0.1) is 0 Å². The number of hydrogen-bond acceptors (Lipinski definition) is 3. The molecule has 15 heavy (non-hydrogen) atoms. The van der Waals surface area contributed by atoms with E-state index in [1.807, 2.05) is 13.0 Å². The molecule has 3 heteroatoms. The number of pyridine rings is 1. The van der Waals surface area contributed by atoms with Crippen LogP contribution in [0.4, 0.5) is 11.5 Å². The fourth-order valence-corrected chi connectivity index (χ4v) is 1.20. The van der Waals surface area contributed by atoms with Gasteiger partial charge in [0.1, 0.15) is 5.82 Å². The van der Waals surface area contributed by atoms with Gasteiger partial charge < -0.3 is 11.1 Å². The number of aromatic nitrogens is 1. The summed E-state index contributed by atoms with van der Waals surface area (Å²) in [5.74, 6) is 0.863. The Morgan fingerprint density at radius 3 is 2.60 bits per heavy atom. The van der Waals surface area contributed by atoms with E-state index < -0.39 is 0 Å². The molecule has 0 atom stereocenters. The SMILES string of the molecule is Cc1cnc(NCCC(C)(C)C)cc1N. The molecule has 3 N–H and O–H groups in total. The van der Waals surface area contributed by atoms with Crippen LogP contribution in [-0.4, -0.2) is 11.5 Å². The fourth-order valence-electron chi connectivity index (χ4n) is 1.20. The van der Waals surface area contributed by atoms with Crippen LogP contribution in [-0.2, 0) is 0 Å². The predicted octanol–water partition coefficient (Wildman–Crippen LogP) is 2.82. The first kappa shape index (κ1) is 11.8. The number of anilines is 2. The van der Waals surface area contributed by atoms with Gasteiger partial charge in [0.15, 0.2) is 0 Å². The smallest absolute Gasteiger partial charge is 0.127 e. The summed E-state index contributed by atoms with van der Waals surface area (Å²) < 4.78 is 0. The van der Waals surface area contributed by atoms with Crippen LogP contribution in [0.25, 0.3) is 0 Å². The van der Waals surface area contributed by atoms with E-state index in [-0.39, 0.29) is 0 Å². The molecule has 0 fully saturated rings. The van der Waals surface area contributed by atoms with Gasteiger partial charge >= 0.3 is 0 Å². The van der Waals surface area contributed by atoms with Crippen molar-refractivity contribution >= 4 is 11.5 Å². The molecule has 0 saturated carbocycles. The molecule has 1 aromatic rings. The van der Waals surface area contributed by atoms with E-state index in [9.17, 15) is 0 Å². The highest BCUT2D eigenvalue weighted by molar-refractivity contribution is 5.53. The maximum Gasteiger partial charge on any atom is 0.127 e. The number of nitrogens with two attached hydrogens (primary N) is 1. The van der Waals surface area contributed by atoms with Crippen molar-refractivity contribution in [2.75, 3.05) is 17.6 Å². The van der Waals surface area contributed by atoms with Crippen LogP contribution in [0.15, 0.2) is 12.3 Å². The van der Waals surface area contributed by atoms with Crippen LogP contribution in [0.5, 0.6) is 0 Å². The lowest BCUT2D eigenvalue weighted by atomic mass is 9.92. The van der Waals surface area contributed by atoms with Crippen molar-refractivity contribution in [1.29, 1.82) is 0 Å². The highest BCUT2D eigenvalue weighted by Crippen LogP contribution is 2.19. The van der Waals surface area contributed by atoms with Crippen molar-refractivity contribution in [3.8, 4) is 0 Å². The zero-order valence-corrected chi connectivity index (χ0v) is 10.1. The molecule has 0 aliphatic rings. The lowest BCUT2D eigenvalue weighted by molar-refractivity contribution is 0.389. The third-order valence-electron chi connectivity index (χ3n) is 2.33. The summed E-state index contributed by atoms with van der Waals surface area (Å²) in [6, 6.07) is 1.89. The zero-order chi connectivity index (χ0) is 11.5. The average molecular weight is 207 g/mol. The van der Waals surface area contributed by atoms with Gasteiger partial charge in [0.25, 0.3) is 0 Å². The molecular weight excluding hydrogens is 186 g/mol. The van der Waals surface area contributed by atoms with E-state index in [1.54, 1.807) is 6.20 Å². The monoisotopic (exact) mass is 207 g/mol. The minimum Gasteiger partial charge on any atom is -0.398 e. The Hall–Kier alpha value is -1.25. The van der Waals surface area contributed by atoms with Crippen molar-refractivity contribution in [1.82, 2.24) is 4.98 Å². The molecule has 3 nitrogen and oxygen atoms in total. The van der Waals surface area contributed by atoms with E-state index in [4.69, 9.17) is 5.73 Å². The highest BCUT2D eigenvalue weighted by atomic mass is 15.0. The van der Waals surface area contributed by atoms with E-state index in [1.165, 1.54) is 0 Å². The average Bonchev–Trinajstić information content (AvgIpc) is 2.09. The summed E-state index contributed by atoms with van der Waals surface area (Å²) in [5, 5.41) is 3.28. The molecule has 0 saturated heterocycles. The minimum atomic E-state index is 0.350. The molecule has 1 aromatic heterocycles. The molecule has 0 aliphatic heterocycles. The zero-order valence-electron chi connectivity index (χ0n) is 10.1. The predicted molar refractivity (Wildman–Crippen MR) is 65.9 cm³/mol. The van der Waals surface area contributed by atoms with Crippen LogP contribution in [0.1, 0.15) is 32.8 Å². The van der Waals surface area contributed by atoms with Gasteiger partial charge in [0, 0.05) is 24.5 Å². The van der Waals surface area contributed by atoms with Crippen molar-refractivity contribution in [3.63, 3.8) is 0 Å². The van der Waals surface area contributed by atoms with Gasteiger partial charge in [-0.3, -0.25) is 0 Å². The maximum atomic E-state index is 5.80. The maximum absolute atomic E-state index is 5.80. The molecule has 84 valence electrons. The van der Waals surface area contributed by atoms with Crippen molar-refractivity contribution in [2.45, 2.75) is 34.1 Å². The van der Waals surface area contributed by atoms with Crippen LogP contribution in [0, 0.1) is 12.3 Å². The quantitative estimate of drug-likeness (QED) is 0.801. The number of nitrogen functional groups attached to an aromatic ring is 1. The Morgan fingerprint density at radius 1 is 1.40 bits per heavy atom. The molecule has 0 unspecified atom stereocenters. The second-order valence-electron chi connectivity index (χ2n) is 5.16. The second kappa shape index (κ2) is 4.51. The van der Waals surface area contributed by atoms with E-state index >= 15 is 0 Å². The number of rotatable bonds is 3. The van der Waals surface area contributed by atoms with Gasteiger partial charge in [-0.2, -0.15) is 0 Å². The minimum absolute atomic E-state index is 0.350. The number of nitrogens with zero attached hydrogens (tertiary/aromatic N) is 1. The first-order valence-electron chi connectivity index (χ1n) is 5.34. The lowest BCUT2D eigenvalue weighted by Crippen LogP contribution is -2.13. The summed E-state index contributed by atoms with van der Waals surface area (Å²) >= 11 is 0. The summed E-state index contributed by atoms with van der Waals surface area (Å²) in [6.45, 7) is 9.57. The molecule has 0 spiro atoms. The molecule has 0 amide bonds. The number of hydrogen-bond donors (Lipinski definition) is 2. The van der Waals surface area contributed by atoms with E-state index in [0.29, 0.717) is 5.41 Å². The summed E-state index contributed by atoms with van der Waals surface area (Å²) in [7, 11) is 0. The molecular formula is C12H21N3. The molecule has 1 rings (SSSR count). The molecule has 0 bridgehead atoms. The van der Waals surface area contributed by atoms with Crippen LogP contribution < -0.4 is 11.1 Å². The van der Waals surface area contributed by atoms with Gasteiger partial charge in [-0.15, -0.1) is 0 Å². The van der Waals surface area contributed by atoms with Gasteiger partial charge in [0.2, 0.25) is 0 Å². The third-order valence-corrected chi connectivity index (χ3v) is 2.33. The Kier molecular flexibility index (Phi) is 3.56. The fraction of sp³-hybridized carbons (Fsp3) is 0.583. The Labute approximate surface area is 92.1 Å². The molecule has 0 aliphatic carbocycles. The highest BCUT2D eigenvalue weighted by Gasteiger charge is 2.09. The lowest BCUT2D eigenvalue weighted by Gasteiger charge is -2.18. The largest absolute Gasteiger partial charge is 0.398 e. The molecule has 1 heterocycles. The Morgan fingerprint density at radius 2 is 2.07 bits per heavy atom. The van der Waals surface area contributed by atoms with Gasteiger partial charge in [-0.1, -0.05) is 20.8 Å². The van der Waals surface area contributed by atoms with Crippen molar-refractivity contribution < 1.29 is 0 Å². The summed E-state index contributed by atoms with van der Waals surface area (Å²) in [4.78, 5) is 4.27. The van der Waals surface area contributed by atoms with Crippen LogP contribution >= 0.6 is 0 Å². The molecule has 0 aromatic carbocycles. The van der Waals surface area contributed by atoms with Crippen molar-refractivity contribution in [2.24, 2.45) is 5.41 Å². The normalized spacial score (nSPS) is 11.5. The number of aryl methyl sites for hydroxylation is 1. The summed E-state index contributed by atoms with van der Waals surface area (Å²) in [6.07, 6.45) is 2.91. The first-order valence-corrected chi connectivity index (χ1v) is 5.34. The van der Waals surface area contributed by atoms with Crippen LogP contribution in [0.2, 0.25) is 0 Å². The third kappa shape index (κ3) is 4.19. The first-order chi connectivity index (χ1) is 6.88. The standard InChI is InChI=1S/C12H21N3/c1-9-8-15-11(7-10(9)13)14-6-5-12(2,3)4/h7-8H,5-6H2,1-4H3,(H3,13,14,15). The van der Waals surface area contributed by atoms with Crippen LogP contribution in [0.3, 0.4) is 0 Å². The Balaban J connectivity index is 2.48. The van der Waals surface area contributed by atoms with Crippen molar-refractivity contribution in [3.05, 3.63) is 17.8 Å². The number of nitrogens with one attached hydrogen (secondary N) is 1. The van der Waals surface area contributed by atoms with E-state index in [2.05, 4.69) is 31.1 Å². The van der Waals surface area contributed by atoms with Gasteiger partial charge in [-0.25, -0.2) is 4.98 Å². The van der Waals surface area contributed by atoms with Gasteiger partial charge in [-0.05, 0) is 24.3 Å². The summed E-state index contributed by atoms with van der Waals surface area (Å²) in [5.41, 5.74) is 7.97. The topological polar surface area (TPSA) is 50.9 Å². The Bertz CT molecular complexity index is 326. The molecule has 0 radical (unpaired) electrons.